The summed E-state index contributed by atoms with van der Waals surface area (Å²) in [6, 6.07) is 16.6. The highest BCUT2D eigenvalue weighted by Crippen LogP contribution is 2.20. The van der Waals surface area contributed by atoms with E-state index >= 15 is 0 Å². The van der Waals surface area contributed by atoms with Crippen molar-refractivity contribution in [1.82, 2.24) is 14.8 Å². The van der Waals surface area contributed by atoms with E-state index in [-0.39, 0.29) is 18.2 Å². The summed E-state index contributed by atoms with van der Waals surface area (Å²) in [4.78, 5) is 28.7. The number of hydrogen-bond donors (Lipinski definition) is 1. The molecule has 0 spiro atoms. The normalized spacial score (nSPS) is 13.9. The van der Waals surface area contributed by atoms with Crippen LogP contribution in [0.1, 0.15) is 18.4 Å². The summed E-state index contributed by atoms with van der Waals surface area (Å²) in [5.41, 5.74) is 2.68. The molecule has 0 bridgehead atoms. The van der Waals surface area contributed by atoms with Gasteiger partial charge in [-0.3, -0.25) is 9.59 Å². The third-order valence-electron chi connectivity index (χ3n) is 4.32. The van der Waals surface area contributed by atoms with Gasteiger partial charge in [-0.2, -0.15) is 10.2 Å². The monoisotopic (exact) mass is 374 g/mol. The lowest BCUT2D eigenvalue weighted by atomic mass is 10.1. The second-order valence-electron chi connectivity index (χ2n) is 6.33. The number of carbonyl (C=O) groups excluding carboxylic acids is 2. The molecule has 0 aliphatic carbocycles. The van der Waals surface area contributed by atoms with E-state index in [1.807, 2.05) is 42.5 Å². The lowest BCUT2D eigenvalue weighted by molar-refractivity contribution is -0.118. The maximum absolute atomic E-state index is 12.6. The first-order chi connectivity index (χ1) is 13.7. The van der Waals surface area contributed by atoms with Crippen LogP contribution in [-0.2, 0) is 16.1 Å². The number of hydrogen-bond acceptors (Lipinski definition) is 5. The molecule has 1 aromatic heterocycles. The molecule has 8 nitrogen and oxygen atoms in total. The van der Waals surface area contributed by atoms with E-state index in [1.165, 1.54) is 11.3 Å². The van der Waals surface area contributed by atoms with Crippen LogP contribution in [0, 0.1) is 0 Å². The Bertz CT molecular complexity index is 997. The van der Waals surface area contributed by atoms with Crippen LogP contribution < -0.4 is 10.3 Å². The quantitative estimate of drug-likeness (QED) is 0.742. The molecule has 4 rings (SSSR count). The molecule has 2 aromatic carbocycles. The average molecular weight is 374 g/mol. The van der Waals surface area contributed by atoms with Gasteiger partial charge in [0.15, 0.2) is 0 Å². The zero-order valence-electron chi connectivity index (χ0n) is 15.0. The van der Waals surface area contributed by atoms with Gasteiger partial charge in [0, 0.05) is 18.5 Å². The number of nitrogens with zero attached hydrogens (tertiary/aromatic N) is 5. The summed E-state index contributed by atoms with van der Waals surface area (Å²) in [6.45, 7) is 0.606. The van der Waals surface area contributed by atoms with Crippen LogP contribution in [0.15, 0.2) is 72.4 Å². The summed E-state index contributed by atoms with van der Waals surface area (Å²) >= 11 is 0. The van der Waals surface area contributed by atoms with Gasteiger partial charge in [0.25, 0.3) is 5.91 Å². The molecule has 1 aliphatic heterocycles. The molecule has 8 heteroatoms. The predicted octanol–water partition coefficient (Wildman–Crippen LogP) is 2.45. The van der Waals surface area contributed by atoms with Crippen LogP contribution >= 0.6 is 0 Å². The fourth-order valence-electron chi connectivity index (χ4n) is 2.89. The zero-order chi connectivity index (χ0) is 19.3. The maximum atomic E-state index is 12.6. The first-order valence-electron chi connectivity index (χ1n) is 8.87. The number of aromatic nitrogens is 3. The van der Waals surface area contributed by atoms with Gasteiger partial charge in [0.2, 0.25) is 5.91 Å². The molecular formula is C20H18N6O2. The minimum absolute atomic E-state index is 0.125. The number of carbonyl (C=O) groups is 2. The van der Waals surface area contributed by atoms with Crippen LogP contribution in [0.5, 0.6) is 0 Å². The number of para-hydroxylation sites is 1. The Kier molecular flexibility index (Phi) is 4.92. The Hall–Kier alpha value is -3.81. The fraction of sp³-hybridized carbons (Fsp3) is 0.150. The topological polar surface area (TPSA) is 92.5 Å². The summed E-state index contributed by atoms with van der Waals surface area (Å²) in [5, 5.41) is 12.5. The van der Waals surface area contributed by atoms with E-state index < -0.39 is 0 Å². The predicted molar refractivity (Wildman–Crippen MR) is 105 cm³/mol. The van der Waals surface area contributed by atoms with Crippen molar-refractivity contribution >= 4 is 28.9 Å². The highest BCUT2D eigenvalue weighted by Gasteiger charge is 2.25. The number of anilines is 2. The Morgan fingerprint density at radius 1 is 1.04 bits per heavy atom. The van der Waals surface area contributed by atoms with Crippen molar-refractivity contribution in [2.24, 2.45) is 5.10 Å². The van der Waals surface area contributed by atoms with Crippen molar-refractivity contribution in [3.05, 3.63) is 72.8 Å². The van der Waals surface area contributed by atoms with Crippen LogP contribution in [-0.4, -0.2) is 32.3 Å². The third kappa shape index (κ3) is 3.96. The molecule has 0 unspecified atom stereocenters. The molecule has 0 radical (unpaired) electrons. The van der Waals surface area contributed by atoms with Crippen LogP contribution in [0.4, 0.5) is 11.4 Å². The van der Waals surface area contributed by atoms with Crippen LogP contribution in [0.3, 0.4) is 0 Å². The van der Waals surface area contributed by atoms with E-state index in [0.29, 0.717) is 30.1 Å². The van der Waals surface area contributed by atoms with Crippen LogP contribution in [0.25, 0.3) is 0 Å². The first kappa shape index (κ1) is 17.6. The Morgan fingerprint density at radius 3 is 2.54 bits per heavy atom. The number of rotatable bonds is 5. The minimum Gasteiger partial charge on any atom is -0.321 e. The summed E-state index contributed by atoms with van der Waals surface area (Å²) < 4.78 is 1.72. The van der Waals surface area contributed by atoms with Crippen molar-refractivity contribution in [3.63, 3.8) is 0 Å². The number of hydrazone groups is 1. The van der Waals surface area contributed by atoms with E-state index in [2.05, 4.69) is 20.5 Å². The Labute approximate surface area is 161 Å². The molecule has 0 saturated carbocycles. The van der Waals surface area contributed by atoms with Gasteiger partial charge in [-0.05, 0) is 29.8 Å². The Morgan fingerprint density at radius 2 is 1.82 bits per heavy atom. The standard InChI is InChI=1S/C20H18N6O2/c27-19-11-10-18(24-26(19)17-4-2-1-3-5-17)20(28)23-16-8-6-15(7-9-16)12-25-14-21-13-22-25/h1-9,13-14H,10-12H2,(H,23,28). The molecule has 1 N–H and O–H groups in total. The van der Waals surface area contributed by atoms with Gasteiger partial charge in [-0.25, -0.2) is 14.7 Å². The van der Waals surface area contributed by atoms with Gasteiger partial charge >= 0.3 is 0 Å². The second-order valence-corrected chi connectivity index (χ2v) is 6.33. The van der Waals surface area contributed by atoms with Crippen molar-refractivity contribution in [2.75, 3.05) is 10.3 Å². The minimum atomic E-state index is -0.308. The van der Waals surface area contributed by atoms with Crippen molar-refractivity contribution in [1.29, 1.82) is 0 Å². The first-order valence-corrected chi connectivity index (χ1v) is 8.87. The lowest BCUT2D eigenvalue weighted by Gasteiger charge is -2.23. The van der Waals surface area contributed by atoms with E-state index in [4.69, 9.17) is 0 Å². The van der Waals surface area contributed by atoms with Gasteiger partial charge in [0.05, 0.1) is 12.2 Å². The summed E-state index contributed by atoms with van der Waals surface area (Å²) in [7, 11) is 0. The molecule has 0 atom stereocenters. The second kappa shape index (κ2) is 7.83. The lowest BCUT2D eigenvalue weighted by Crippen LogP contribution is -2.36. The number of benzene rings is 2. The molecule has 1 aliphatic rings. The van der Waals surface area contributed by atoms with Gasteiger partial charge in [-0.1, -0.05) is 30.3 Å². The van der Waals surface area contributed by atoms with Gasteiger partial charge < -0.3 is 5.32 Å². The van der Waals surface area contributed by atoms with Crippen molar-refractivity contribution in [2.45, 2.75) is 19.4 Å². The molecule has 2 amide bonds. The SMILES string of the molecule is O=C(Nc1ccc(Cn2cncn2)cc1)C1=NN(c2ccccc2)C(=O)CC1. The highest BCUT2D eigenvalue weighted by atomic mass is 16.2. The molecular weight excluding hydrogens is 356 g/mol. The fourth-order valence-corrected chi connectivity index (χ4v) is 2.89. The third-order valence-corrected chi connectivity index (χ3v) is 4.32. The molecule has 28 heavy (non-hydrogen) atoms. The highest BCUT2D eigenvalue weighted by molar-refractivity contribution is 6.44. The van der Waals surface area contributed by atoms with Crippen molar-refractivity contribution in [3.8, 4) is 0 Å². The molecule has 2 heterocycles. The van der Waals surface area contributed by atoms with E-state index in [9.17, 15) is 9.59 Å². The van der Waals surface area contributed by atoms with Gasteiger partial charge in [0.1, 0.15) is 18.4 Å². The number of nitrogens with one attached hydrogen (secondary N) is 1. The molecule has 140 valence electrons. The smallest absolute Gasteiger partial charge is 0.271 e. The maximum Gasteiger partial charge on any atom is 0.271 e. The number of amides is 2. The average Bonchev–Trinajstić information content (AvgIpc) is 3.23. The van der Waals surface area contributed by atoms with Crippen LogP contribution in [0.2, 0.25) is 0 Å². The van der Waals surface area contributed by atoms with E-state index in [0.717, 1.165) is 5.56 Å². The molecule has 3 aromatic rings. The van der Waals surface area contributed by atoms with E-state index in [1.54, 1.807) is 23.1 Å². The summed E-state index contributed by atoms with van der Waals surface area (Å²) in [5.74, 6) is -0.433. The Balaban J connectivity index is 1.45. The summed E-state index contributed by atoms with van der Waals surface area (Å²) in [6.07, 6.45) is 3.70. The largest absolute Gasteiger partial charge is 0.321 e. The molecule has 0 saturated heterocycles. The van der Waals surface area contributed by atoms with Gasteiger partial charge in [-0.15, -0.1) is 0 Å². The van der Waals surface area contributed by atoms with Crippen molar-refractivity contribution < 1.29 is 9.59 Å². The zero-order valence-corrected chi connectivity index (χ0v) is 15.0. The molecule has 0 fully saturated rings.